The molecule has 0 spiro atoms. The number of rotatable bonds is 0. The number of hydrogen-bond donors (Lipinski definition) is 0. The zero-order valence-electron chi connectivity index (χ0n) is 19.2. The minimum atomic E-state index is 0. The smallest absolute Gasteiger partial charge is 0.164 e. The van der Waals surface area contributed by atoms with E-state index in [0.29, 0.717) is 46.7 Å². The second-order valence-electron chi connectivity index (χ2n) is 8.64. The van der Waals surface area contributed by atoms with Crippen molar-refractivity contribution >= 4 is 92.1 Å². The van der Waals surface area contributed by atoms with Gasteiger partial charge >= 0.3 is 0 Å². The van der Waals surface area contributed by atoms with Gasteiger partial charge in [-0.2, -0.15) is 0 Å². The summed E-state index contributed by atoms with van der Waals surface area (Å²) in [5.41, 5.74) is 1.81. The fourth-order valence-electron chi connectivity index (χ4n) is 4.60. The van der Waals surface area contributed by atoms with Crippen molar-refractivity contribution in [2.24, 2.45) is 39.9 Å². The first-order chi connectivity index (χ1) is 17.7. The molecule has 3 aromatic carbocycles. The standard InChI is InChI=1S/C28H14N8.Sn/c1-2-4-16-12-18-14-20-19(13-17(18)11-15(16)3-1)27-34-25-9-7-23(32-25)30-21-5-6-22(29-21)31-24-8-10-26(33-24)35-28(20)36-27;/h1-14H;. The Morgan fingerprint density at radius 3 is 1.19 bits per heavy atom. The molecule has 0 saturated heterocycles. The van der Waals surface area contributed by atoms with Crippen molar-refractivity contribution in [3.05, 3.63) is 96.1 Å². The predicted octanol–water partition coefficient (Wildman–Crippen LogP) is 4.23. The zero-order chi connectivity index (χ0) is 23.6. The molecule has 5 aliphatic rings. The molecule has 0 atom stereocenters. The summed E-state index contributed by atoms with van der Waals surface area (Å²) in [4.78, 5) is 36.8. The Labute approximate surface area is 227 Å². The van der Waals surface area contributed by atoms with Gasteiger partial charge in [0.1, 0.15) is 0 Å². The molecule has 9 heteroatoms. The molecular weight excluding hydrogens is 567 g/mol. The van der Waals surface area contributed by atoms with Crippen LogP contribution in [0.25, 0.3) is 21.5 Å². The van der Waals surface area contributed by atoms with Crippen LogP contribution >= 0.6 is 0 Å². The number of aliphatic imine (C=N–C) groups is 8. The third-order valence-corrected chi connectivity index (χ3v) is 6.27. The van der Waals surface area contributed by atoms with Crippen molar-refractivity contribution in [2.45, 2.75) is 0 Å². The van der Waals surface area contributed by atoms with Gasteiger partial charge in [-0.1, -0.05) is 24.3 Å². The molecule has 8 bridgehead atoms. The topological polar surface area (TPSA) is 98.9 Å². The van der Waals surface area contributed by atoms with Crippen LogP contribution in [0.1, 0.15) is 11.1 Å². The molecule has 0 unspecified atom stereocenters. The van der Waals surface area contributed by atoms with Crippen molar-refractivity contribution in [1.82, 2.24) is 0 Å². The van der Waals surface area contributed by atoms with E-state index in [2.05, 4.69) is 61.4 Å². The Kier molecular flexibility index (Phi) is 4.90. The summed E-state index contributed by atoms with van der Waals surface area (Å²) in [7, 11) is 0. The summed E-state index contributed by atoms with van der Waals surface area (Å²) >= 11 is 0. The first kappa shape index (κ1) is 21.8. The molecule has 0 aromatic heterocycles. The van der Waals surface area contributed by atoms with E-state index < -0.39 is 0 Å². The summed E-state index contributed by atoms with van der Waals surface area (Å²) in [6.07, 6.45) is 10.9. The Bertz CT molecular complexity index is 1930. The van der Waals surface area contributed by atoms with Gasteiger partial charge in [-0.25, -0.2) is 39.9 Å². The van der Waals surface area contributed by atoms with Crippen molar-refractivity contribution < 1.29 is 0 Å². The maximum atomic E-state index is 4.80. The number of amidine groups is 8. The van der Waals surface area contributed by atoms with Crippen molar-refractivity contribution in [3.8, 4) is 0 Å². The van der Waals surface area contributed by atoms with Gasteiger partial charge < -0.3 is 0 Å². The fraction of sp³-hybridized carbons (Fsp3) is 0. The van der Waals surface area contributed by atoms with E-state index in [0.717, 1.165) is 21.9 Å². The average Bonchev–Trinajstić information content (AvgIpc) is 3.67. The van der Waals surface area contributed by atoms with Gasteiger partial charge in [0.2, 0.25) is 0 Å². The Balaban J connectivity index is 0.00000231. The molecule has 0 amide bonds. The van der Waals surface area contributed by atoms with Crippen LogP contribution in [0.5, 0.6) is 0 Å². The molecule has 0 fully saturated rings. The van der Waals surface area contributed by atoms with Crippen LogP contribution in [0.3, 0.4) is 0 Å². The Morgan fingerprint density at radius 1 is 0.351 bits per heavy atom. The van der Waals surface area contributed by atoms with Crippen LogP contribution in [-0.4, -0.2) is 70.6 Å². The minimum absolute atomic E-state index is 0. The second kappa shape index (κ2) is 8.31. The molecule has 8 rings (SSSR count). The first-order valence-corrected chi connectivity index (χ1v) is 11.4. The quantitative estimate of drug-likeness (QED) is 0.281. The van der Waals surface area contributed by atoms with Gasteiger partial charge in [0.05, 0.1) is 0 Å². The summed E-state index contributed by atoms with van der Waals surface area (Å²) < 4.78 is 0. The SMILES string of the molecule is C1=CC2=NC3=NC(=NC4=NC(=NC5=NC(=NC1=N2)C=C5)c1cc2cc5ccccc5cc2cc14)C=C3.[Sn]. The molecule has 5 aliphatic heterocycles. The van der Waals surface area contributed by atoms with E-state index in [1.165, 1.54) is 10.8 Å². The maximum absolute atomic E-state index is 4.80. The summed E-state index contributed by atoms with van der Waals surface area (Å²) in [6, 6.07) is 17.0. The van der Waals surface area contributed by atoms with E-state index in [1.54, 1.807) is 12.2 Å². The van der Waals surface area contributed by atoms with Crippen molar-refractivity contribution in [2.75, 3.05) is 0 Å². The van der Waals surface area contributed by atoms with Crippen LogP contribution in [0.15, 0.2) is 125 Å². The molecule has 37 heavy (non-hydrogen) atoms. The van der Waals surface area contributed by atoms with E-state index >= 15 is 0 Å². The van der Waals surface area contributed by atoms with Gasteiger partial charge in [0.15, 0.2) is 46.7 Å². The number of fused-ring (bicyclic) bond motifs is 9. The molecule has 3 aromatic rings. The maximum Gasteiger partial charge on any atom is 0.164 e. The van der Waals surface area contributed by atoms with Gasteiger partial charge in [-0.3, -0.25) is 0 Å². The molecule has 0 saturated carbocycles. The van der Waals surface area contributed by atoms with E-state index in [4.69, 9.17) is 15.0 Å². The molecule has 4 radical (unpaired) electrons. The molecular formula is C28H14N8Sn. The summed E-state index contributed by atoms with van der Waals surface area (Å²) in [5.74, 6) is 4.26. The van der Waals surface area contributed by atoms with Crippen molar-refractivity contribution in [3.63, 3.8) is 0 Å². The van der Waals surface area contributed by atoms with Gasteiger partial charge in [0.25, 0.3) is 0 Å². The summed E-state index contributed by atoms with van der Waals surface area (Å²) in [6.45, 7) is 0. The van der Waals surface area contributed by atoms with E-state index in [9.17, 15) is 0 Å². The summed E-state index contributed by atoms with van der Waals surface area (Å²) in [5, 5.41) is 4.59. The van der Waals surface area contributed by atoms with Crippen LogP contribution < -0.4 is 0 Å². The minimum Gasteiger partial charge on any atom is -0.209 e. The zero-order valence-corrected chi connectivity index (χ0v) is 22.0. The molecule has 8 nitrogen and oxygen atoms in total. The predicted molar refractivity (Wildman–Crippen MR) is 152 cm³/mol. The largest absolute Gasteiger partial charge is 0.209 e. The van der Waals surface area contributed by atoms with Gasteiger partial charge in [-0.15, -0.1) is 0 Å². The molecule has 0 aliphatic carbocycles. The molecule has 0 N–H and O–H groups in total. The Morgan fingerprint density at radius 2 is 0.730 bits per heavy atom. The van der Waals surface area contributed by atoms with Gasteiger partial charge in [-0.05, 0) is 82.3 Å². The van der Waals surface area contributed by atoms with Crippen molar-refractivity contribution in [1.29, 1.82) is 0 Å². The molecule has 5 heterocycles. The third kappa shape index (κ3) is 3.77. The van der Waals surface area contributed by atoms with Crippen LogP contribution in [0, 0.1) is 0 Å². The average molecular weight is 581 g/mol. The normalized spacial score (nSPS) is 18.5. The van der Waals surface area contributed by atoms with E-state index in [1.807, 2.05) is 36.4 Å². The first-order valence-electron chi connectivity index (χ1n) is 11.4. The monoisotopic (exact) mass is 582 g/mol. The van der Waals surface area contributed by atoms with Crippen LogP contribution in [-0.2, 0) is 0 Å². The van der Waals surface area contributed by atoms with E-state index in [-0.39, 0.29) is 23.9 Å². The van der Waals surface area contributed by atoms with Crippen LogP contribution in [0.2, 0.25) is 0 Å². The molecule has 170 valence electrons. The number of nitrogens with zero attached hydrogens (tertiary/aromatic N) is 8. The number of hydrogen-bond acceptors (Lipinski definition) is 8. The Hall–Kier alpha value is -4.44. The number of benzene rings is 3. The second-order valence-corrected chi connectivity index (χ2v) is 8.64. The third-order valence-electron chi connectivity index (χ3n) is 6.27. The van der Waals surface area contributed by atoms with Gasteiger partial charge in [0, 0.05) is 35.0 Å². The van der Waals surface area contributed by atoms with Crippen LogP contribution in [0.4, 0.5) is 0 Å². The fourth-order valence-corrected chi connectivity index (χ4v) is 4.60.